The number of rotatable bonds is 6. The van der Waals surface area contributed by atoms with E-state index in [1.54, 1.807) is 12.1 Å². The van der Waals surface area contributed by atoms with Crippen LogP contribution in [0.25, 0.3) is 0 Å². The summed E-state index contributed by atoms with van der Waals surface area (Å²) in [6.45, 7) is 2.42. The van der Waals surface area contributed by atoms with E-state index in [-0.39, 0.29) is 42.1 Å². The van der Waals surface area contributed by atoms with Crippen molar-refractivity contribution >= 4 is 34.0 Å². The lowest BCUT2D eigenvalue weighted by atomic mass is 9.85. The maximum Gasteiger partial charge on any atom is 0.254 e. The average Bonchev–Trinajstić information content (AvgIpc) is 3.34. The molecule has 0 radical (unpaired) electrons. The van der Waals surface area contributed by atoms with Crippen LogP contribution in [0.4, 0.5) is 0 Å². The molecule has 144 valence electrons. The SMILES string of the molecule is C#CCOc1c(Br)cc(C=NN2C(=O)[C@@H]3[C@H](C2=O)[C@H]2C=C[C@H]3C2)cc1OCC. The van der Waals surface area contributed by atoms with Crippen LogP contribution in [-0.2, 0) is 9.59 Å². The van der Waals surface area contributed by atoms with Crippen molar-refractivity contribution < 1.29 is 19.1 Å². The predicted octanol–water partition coefficient (Wildman–Crippen LogP) is 3.00. The second-order valence-electron chi connectivity index (χ2n) is 6.99. The Morgan fingerprint density at radius 2 is 1.93 bits per heavy atom. The van der Waals surface area contributed by atoms with Gasteiger partial charge in [0.25, 0.3) is 11.8 Å². The van der Waals surface area contributed by atoms with Gasteiger partial charge in [-0.1, -0.05) is 18.1 Å². The Labute approximate surface area is 171 Å². The van der Waals surface area contributed by atoms with E-state index in [1.165, 1.54) is 6.21 Å². The molecular weight excluding hydrogens is 424 g/mol. The molecule has 7 heteroatoms. The Morgan fingerprint density at radius 1 is 1.25 bits per heavy atom. The van der Waals surface area contributed by atoms with E-state index in [1.807, 2.05) is 6.92 Å². The minimum Gasteiger partial charge on any atom is -0.490 e. The number of nitrogens with zero attached hydrogens (tertiary/aromatic N) is 2. The number of amides is 2. The van der Waals surface area contributed by atoms with Crippen LogP contribution in [-0.4, -0.2) is 36.3 Å². The number of carbonyl (C=O) groups is 2. The lowest BCUT2D eigenvalue weighted by Crippen LogP contribution is -2.28. The van der Waals surface area contributed by atoms with Crippen LogP contribution in [0.2, 0.25) is 0 Å². The Hall–Kier alpha value is -2.59. The molecular formula is C21H19BrN2O4. The van der Waals surface area contributed by atoms with Gasteiger partial charge in [-0.05, 0) is 58.8 Å². The van der Waals surface area contributed by atoms with Crippen molar-refractivity contribution in [1.82, 2.24) is 5.01 Å². The topological polar surface area (TPSA) is 68.2 Å². The zero-order valence-corrected chi connectivity index (χ0v) is 16.9. The van der Waals surface area contributed by atoms with E-state index in [0.29, 0.717) is 28.1 Å². The van der Waals surface area contributed by atoms with Gasteiger partial charge in [0.15, 0.2) is 11.5 Å². The average molecular weight is 443 g/mol. The first-order valence-corrected chi connectivity index (χ1v) is 9.97. The molecule has 1 aromatic rings. The summed E-state index contributed by atoms with van der Waals surface area (Å²) in [5, 5.41) is 5.23. The minimum atomic E-state index is -0.259. The van der Waals surface area contributed by atoms with Crippen molar-refractivity contribution in [1.29, 1.82) is 0 Å². The fraction of sp³-hybridized carbons (Fsp3) is 0.381. The standard InChI is InChI=1S/C21H19BrN2O4/c1-3-7-28-19-15(22)8-12(9-16(19)27-4-2)11-23-24-20(25)17-13-5-6-14(10-13)18(17)21(24)26/h1,5-6,8-9,11,13-14,17-18H,4,7,10H2,2H3/t13-,14-,17-,18+/m0/s1. The molecule has 4 rings (SSSR count). The third kappa shape index (κ3) is 3.02. The van der Waals surface area contributed by atoms with Crippen LogP contribution in [0.15, 0.2) is 33.9 Å². The summed E-state index contributed by atoms with van der Waals surface area (Å²) >= 11 is 3.45. The molecule has 6 nitrogen and oxygen atoms in total. The van der Waals surface area contributed by atoms with Gasteiger partial charge in [0.2, 0.25) is 0 Å². The molecule has 1 heterocycles. The molecule has 4 atom stereocenters. The van der Waals surface area contributed by atoms with E-state index in [2.05, 4.69) is 39.1 Å². The Morgan fingerprint density at radius 3 is 2.54 bits per heavy atom. The van der Waals surface area contributed by atoms with Gasteiger partial charge in [0.1, 0.15) is 6.61 Å². The second-order valence-corrected chi connectivity index (χ2v) is 7.84. The van der Waals surface area contributed by atoms with Gasteiger partial charge < -0.3 is 9.47 Å². The minimum absolute atomic E-state index is 0.113. The summed E-state index contributed by atoms with van der Waals surface area (Å²) in [4.78, 5) is 25.4. The molecule has 1 aliphatic heterocycles. The number of ether oxygens (including phenoxy) is 2. The first kappa shape index (κ1) is 18.8. The van der Waals surface area contributed by atoms with Gasteiger partial charge in [0, 0.05) is 0 Å². The number of hydrazone groups is 1. The van der Waals surface area contributed by atoms with Gasteiger partial charge in [-0.15, -0.1) is 6.42 Å². The highest BCUT2D eigenvalue weighted by molar-refractivity contribution is 9.10. The highest BCUT2D eigenvalue weighted by Gasteiger charge is 2.59. The maximum absolute atomic E-state index is 12.7. The molecule has 2 bridgehead atoms. The van der Waals surface area contributed by atoms with Crippen molar-refractivity contribution in [3.05, 3.63) is 34.3 Å². The number of allylic oxidation sites excluding steroid dienone is 2. The summed E-state index contributed by atoms with van der Waals surface area (Å²) in [6, 6.07) is 3.51. The highest BCUT2D eigenvalue weighted by Crippen LogP contribution is 2.52. The molecule has 0 N–H and O–H groups in total. The zero-order chi connectivity index (χ0) is 19.8. The summed E-state index contributed by atoms with van der Waals surface area (Å²) in [6.07, 6.45) is 11.8. The first-order valence-electron chi connectivity index (χ1n) is 9.17. The first-order chi connectivity index (χ1) is 13.5. The largest absolute Gasteiger partial charge is 0.490 e. The number of hydrogen-bond acceptors (Lipinski definition) is 5. The van der Waals surface area contributed by atoms with E-state index in [4.69, 9.17) is 15.9 Å². The van der Waals surface area contributed by atoms with Crippen molar-refractivity contribution in [2.24, 2.45) is 28.8 Å². The molecule has 1 aromatic carbocycles. The number of terminal acetylenes is 1. The molecule has 2 amide bonds. The number of halogens is 1. The third-order valence-electron chi connectivity index (χ3n) is 5.40. The van der Waals surface area contributed by atoms with Crippen LogP contribution in [0.1, 0.15) is 18.9 Å². The second kappa shape index (κ2) is 7.44. The molecule has 2 fully saturated rings. The molecule has 0 spiro atoms. The number of imide groups is 1. The lowest BCUT2D eigenvalue weighted by molar-refractivity contribution is -0.140. The number of fused-ring (bicyclic) bond motifs is 5. The Bertz CT molecular complexity index is 903. The number of hydrogen-bond donors (Lipinski definition) is 0. The fourth-order valence-electron chi connectivity index (χ4n) is 4.30. The van der Waals surface area contributed by atoms with Crippen LogP contribution in [0.5, 0.6) is 11.5 Å². The molecule has 0 aromatic heterocycles. The summed E-state index contributed by atoms with van der Waals surface area (Å²) in [5.74, 6) is 2.82. The highest BCUT2D eigenvalue weighted by atomic mass is 79.9. The van der Waals surface area contributed by atoms with Crippen LogP contribution in [0, 0.1) is 36.0 Å². The molecule has 1 saturated carbocycles. The molecule has 0 unspecified atom stereocenters. The normalized spacial score (nSPS) is 27.5. The summed E-state index contributed by atoms with van der Waals surface area (Å²) in [5.41, 5.74) is 0.669. The van der Waals surface area contributed by atoms with E-state index in [0.717, 1.165) is 11.4 Å². The van der Waals surface area contributed by atoms with Gasteiger partial charge in [-0.25, -0.2) is 0 Å². The molecule has 2 aliphatic carbocycles. The van der Waals surface area contributed by atoms with Crippen LogP contribution < -0.4 is 9.47 Å². The van der Waals surface area contributed by atoms with E-state index >= 15 is 0 Å². The quantitative estimate of drug-likeness (QED) is 0.294. The number of carbonyl (C=O) groups excluding carboxylic acids is 2. The Balaban J connectivity index is 1.57. The van der Waals surface area contributed by atoms with Crippen molar-refractivity contribution in [3.63, 3.8) is 0 Å². The van der Waals surface area contributed by atoms with Crippen molar-refractivity contribution in [2.45, 2.75) is 13.3 Å². The van der Waals surface area contributed by atoms with Gasteiger partial charge in [0.05, 0.1) is 29.1 Å². The van der Waals surface area contributed by atoms with Gasteiger partial charge in [-0.3, -0.25) is 9.59 Å². The van der Waals surface area contributed by atoms with Crippen molar-refractivity contribution in [3.8, 4) is 23.8 Å². The van der Waals surface area contributed by atoms with E-state index < -0.39 is 0 Å². The smallest absolute Gasteiger partial charge is 0.254 e. The molecule has 28 heavy (non-hydrogen) atoms. The van der Waals surface area contributed by atoms with E-state index in [9.17, 15) is 9.59 Å². The zero-order valence-electron chi connectivity index (χ0n) is 15.3. The predicted molar refractivity (Wildman–Crippen MR) is 107 cm³/mol. The summed E-state index contributed by atoms with van der Waals surface area (Å²) < 4.78 is 11.8. The van der Waals surface area contributed by atoms with Crippen LogP contribution >= 0.6 is 15.9 Å². The third-order valence-corrected chi connectivity index (χ3v) is 5.99. The van der Waals surface area contributed by atoms with Crippen molar-refractivity contribution in [2.75, 3.05) is 13.2 Å². The Kier molecular flexibility index (Phi) is 4.98. The monoisotopic (exact) mass is 442 g/mol. The van der Waals surface area contributed by atoms with Gasteiger partial charge in [-0.2, -0.15) is 10.1 Å². The molecule has 3 aliphatic rings. The fourth-order valence-corrected chi connectivity index (χ4v) is 4.88. The summed E-state index contributed by atoms with van der Waals surface area (Å²) in [7, 11) is 0. The molecule has 1 saturated heterocycles. The lowest BCUT2D eigenvalue weighted by Gasteiger charge is -2.14. The van der Waals surface area contributed by atoms with Crippen LogP contribution in [0.3, 0.4) is 0 Å². The maximum atomic E-state index is 12.7. The van der Waals surface area contributed by atoms with Gasteiger partial charge >= 0.3 is 0 Å². The number of benzene rings is 1.